The van der Waals surface area contributed by atoms with Crippen molar-refractivity contribution >= 4 is 82.5 Å². The molecule has 2 aromatic heterocycles. The zero-order valence-electron chi connectivity index (χ0n) is 31.8. The van der Waals surface area contributed by atoms with E-state index in [1.165, 1.54) is 97.8 Å². The molecule has 4 heteroatoms. The van der Waals surface area contributed by atoms with Gasteiger partial charge in [0.1, 0.15) is 0 Å². The van der Waals surface area contributed by atoms with Crippen LogP contribution in [0.1, 0.15) is 79.0 Å². The third-order valence-electron chi connectivity index (χ3n) is 11.9. The first-order valence-electron chi connectivity index (χ1n) is 18.8. The van der Waals surface area contributed by atoms with Crippen LogP contribution >= 0.6 is 11.3 Å². The normalized spacial score (nSPS) is 14.2. The van der Waals surface area contributed by atoms with Crippen LogP contribution in [0.3, 0.4) is 0 Å². The molecule has 0 atom stereocenters. The molecule has 0 saturated carbocycles. The third kappa shape index (κ3) is 4.43. The summed E-state index contributed by atoms with van der Waals surface area (Å²) >= 11 is 1.91. The highest BCUT2D eigenvalue weighted by molar-refractivity contribution is 7.25. The van der Waals surface area contributed by atoms with E-state index >= 15 is 0 Å². The van der Waals surface area contributed by atoms with Crippen molar-refractivity contribution in [2.75, 3.05) is 4.81 Å². The van der Waals surface area contributed by atoms with E-state index < -0.39 is 0 Å². The van der Waals surface area contributed by atoms with Crippen LogP contribution in [0.15, 0.2) is 109 Å². The molecule has 52 heavy (non-hydrogen) atoms. The molecule has 4 heterocycles. The number of thiophene rings is 1. The minimum absolute atomic E-state index is 0.0119. The molecular formula is C48H45BN2S. The van der Waals surface area contributed by atoms with Crippen LogP contribution in [0, 0.1) is 0 Å². The highest BCUT2D eigenvalue weighted by Gasteiger charge is 2.44. The molecule has 0 N–H and O–H groups in total. The first-order chi connectivity index (χ1) is 24.7. The Morgan fingerprint density at radius 2 is 1.15 bits per heavy atom. The van der Waals surface area contributed by atoms with E-state index in [1.807, 2.05) is 11.3 Å². The fraction of sp³-hybridized carbons (Fsp3) is 0.250. The summed E-state index contributed by atoms with van der Waals surface area (Å²) in [6, 6.07) is 42.7. The molecule has 256 valence electrons. The molecule has 0 aliphatic carbocycles. The van der Waals surface area contributed by atoms with Gasteiger partial charge in [0.2, 0.25) is 0 Å². The van der Waals surface area contributed by atoms with E-state index in [4.69, 9.17) is 0 Å². The number of hydrogen-bond donors (Lipinski definition) is 0. The predicted octanol–water partition coefficient (Wildman–Crippen LogP) is 12.3. The van der Waals surface area contributed by atoms with Crippen molar-refractivity contribution in [1.82, 2.24) is 4.57 Å². The number of nitrogens with zero attached hydrogens (tertiary/aromatic N) is 2. The second kappa shape index (κ2) is 10.4. The molecule has 0 amide bonds. The van der Waals surface area contributed by atoms with Crippen LogP contribution in [-0.4, -0.2) is 11.4 Å². The highest BCUT2D eigenvalue weighted by atomic mass is 32.1. The Bertz CT molecular complexity index is 2790. The van der Waals surface area contributed by atoms with Gasteiger partial charge in [0.25, 0.3) is 0 Å². The first-order valence-corrected chi connectivity index (χ1v) is 19.6. The SMILES string of the molecule is CC(C)(C)c1ccc(N2B3c4cc(C(C)(C)C)ccc4-n4c5cc6c(cc5c5ccc(c3c54)-c3cc(C(C)(C)C)ccc32)sc2ccccc26)cc1. The molecule has 0 bridgehead atoms. The van der Waals surface area contributed by atoms with Crippen LogP contribution < -0.4 is 15.7 Å². The average Bonchev–Trinajstić information content (AvgIpc) is 3.63. The Morgan fingerprint density at radius 1 is 0.500 bits per heavy atom. The molecule has 0 radical (unpaired) electrons. The van der Waals surface area contributed by atoms with E-state index in [9.17, 15) is 0 Å². The summed E-state index contributed by atoms with van der Waals surface area (Å²) in [7, 11) is 0. The van der Waals surface area contributed by atoms with Crippen LogP contribution in [-0.2, 0) is 16.2 Å². The fourth-order valence-electron chi connectivity index (χ4n) is 8.95. The standard InChI is InChI=1S/C48H45BN2S/c1-46(2,3)28-14-18-31(19-15-28)51-39-22-16-29(47(4,5)6)24-35(39)33-20-21-34-36-27-43-37(32-12-10-11-13-42(32)52-43)26-41(36)50-40-23-17-30(48(7,8)9)25-38(40)49(51)44(33)45(34)50/h10-27H,1-9H3. The van der Waals surface area contributed by atoms with Crippen molar-refractivity contribution in [2.45, 2.75) is 78.6 Å². The van der Waals surface area contributed by atoms with Gasteiger partial charge in [-0.2, -0.15) is 0 Å². The maximum Gasteiger partial charge on any atom is 0.333 e. The van der Waals surface area contributed by atoms with E-state index in [2.05, 4.69) is 181 Å². The van der Waals surface area contributed by atoms with Crippen molar-refractivity contribution in [3.8, 4) is 16.8 Å². The number of aromatic nitrogens is 1. The number of hydrogen-bond acceptors (Lipinski definition) is 2. The van der Waals surface area contributed by atoms with Gasteiger partial charge >= 0.3 is 6.85 Å². The van der Waals surface area contributed by atoms with Gasteiger partial charge in [0.05, 0.1) is 11.0 Å². The second-order valence-electron chi connectivity index (χ2n) is 18.3. The van der Waals surface area contributed by atoms with Crippen LogP contribution in [0.25, 0.3) is 58.8 Å². The van der Waals surface area contributed by atoms with Crippen LogP contribution in [0.5, 0.6) is 0 Å². The molecule has 2 aliphatic rings. The Labute approximate surface area is 311 Å². The number of rotatable bonds is 1. The molecule has 2 aliphatic heterocycles. The number of fused-ring (bicyclic) bond motifs is 11. The van der Waals surface area contributed by atoms with Gasteiger partial charge in [-0.1, -0.05) is 123 Å². The van der Waals surface area contributed by atoms with Crippen molar-refractivity contribution in [1.29, 1.82) is 0 Å². The van der Waals surface area contributed by atoms with Gasteiger partial charge < -0.3 is 9.38 Å². The lowest BCUT2D eigenvalue weighted by Crippen LogP contribution is -2.60. The van der Waals surface area contributed by atoms with E-state index in [0.717, 1.165) is 0 Å². The van der Waals surface area contributed by atoms with Gasteiger partial charge in [-0.25, -0.2) is 0 Å². The number of anilines is 2. The molecule has 6 aromatic carbocycles. The van der Waals surface area contributed by atoms with Gasteiger partial charge in [-0.3, -0.25) is 0 Å². The minimum Gasteiger partial charge on any atom is -0.376 e. The summed E-state index contributed by atoms with van der Waals surface area (Å²) in [5.74, 6) is 0. The molecule has 0 spiro atoms. The summed E-state index contributed by atoms with van der Waals surface area (Å²) in [6.45, 7) is 20.9. The quantitative estimate of drug-likeness (QED) is 0.156. The molecule has 0 saturated heterocycles. The lowest BCUT2D eigenvalue weighted by Gasteiger charge is -2.43. The summed E-state index contributed by atoms with van der Waals surface area (Å²) in [5, 5.41) is 5.35. The van der Waals surface area contributed by atoms with E-state index in [1.54, 1.807) is 0 Å². The summed E-state index contributed by atoms with van der Waals surface area (Å²) in [6.07, 6.45) is 0. The third-order valence-corrected chi connectivity index (χ3v) is 13.0. The fourth-order valence-corrected chi connectivity index (χ4v) is 10.1. The first kappa shape index (κ1) is 31.9. The largest absolute Gasteiger partial charge is 0.376 e. The molecule has 2 nitrogen and oxygen atoms in total. The van der Waals surface area contributed by atoms with E-state index in [-0.39, 0.29) is 23.1 Å². The van der Waals surface area contributed by atoms with Gasteiger partial charge in [0, 0.05) is 53.6 Å². The second-order valence-corrected chi connectivity index (χ2v) is 19.4. The summed E-state index contributed by atoms with van der Waals surface area (Å²) in [4.78, 5) is 2.66. The monoisotopic (exact) mass is 692 g/mol. The van der Waals surface area contributed by atoms with Crippen molar-refractivity contribution in [3.63, 3.8) is 0 Å². The summed E-state index contributed by atoms with van der Waals surface area (Å²) < 4.78 is 5.32. The molecule has 0 fully saturated rings. The molecule has 10 rings (SSSR count). The topological polar surface area (TPSA) is 8.17 Å². The zero-order valence-corrected chi connectivity index (χ0v) is 32.6. The maximum atomic E-state index is 2.66. The number of benzene rings is 6. The average molecular weight is 693 g/mol. The van der Waals surface area contributed by atoms with Gasteiger partial charge in [-0.05, 0) is 98.0 Å². The van der Waals surface area contributed by atoms with Gasteiger partial charge in [-0.15, -0.1) is 11.3 Å². The predicted molar refractivity (Wildman–Crippen MR) is 229 cm³/mol. The zero-order chi connectivity index (χ0) is 36.1. The Balaban J connectivity index is 1.37. The van der Waals surface area contributed by atoms with Gasteiger partial charge in [0.15, 0.2) is 0 Å². The van der Waals surface area contributed by atoms with Crippen molar-refractivity contribution in [2.24, 2.45) is 0 Å². The summed E-state index contributed by atoms with van der Waals surface area (Å²) in [5.41, 5.74) is 16.1. The van der Waals surface area contributed by atoms with Crippen LogP contribution in [0.4, 0.5) is 11.4 Å². The maximum absolute atomic E-state index is 2.66. The molecular weight excluding hydrogens is 647 g/mol. The Kier molecular flexibility index (Phi) is 6.39. The highest BCUT2D eigenvalue weighted by Crippen LogP contribution is 2.48. The van der Waals surface area contributed by atoms with Crippen molar-refractivity contribution < 1.29 is 0 Å². The lowest BCUT2D eigenvalue weighted by atomic mass is 9.43. The Morgan fingerprint density at radius 3 is 1.87 bits per heavy atom. The smallest absolute Gasteiger partial charge is 0.333 e. The van der Waals surface area contributed by atoms with Crippen LogP contribution in [0.2, 0.25) is 0 Å². The van der Waals surface area contributed by atoms with Crippen molar-refractivity contribution in [3.05, 3.63) is 126 Å². The Hall–Kier alpha value is -4.80. The molecule has 8 aromatic rings. The molecule has 0 unspecified atom stereocenters. The lowest BCUT2D eigenvalue weighted by molar-refractivity contribution is 0.590. The minimum atomic E-state index is 0.0119. The van der Waals surface area contributed by atoms with E-state index in [0.29, 0.717) is 0 Å².